The van der Waals surface area contributed by atoms with Gasteiger partial charge in [0.2, 0.25) is 10.0 Å². The minimum absolute atomic E-state index is 0.0798. The molecule has 3 rings (SSSR count). The van der Waals surface area contributed by atoms with Crippen molar-refractivity contribution in [2.45, 2.75) is 13.5 Å². The summed E-state index contributed by atoms with van der Waals surface area (Å²) in [4.78, 5) is 12.4. The first kappa shape index (κ1) is 22.0. The third kappa shape index (κ3) is 5.70. The molecule has 0 aliphatic heterocycles. The van der Waals surface area contributed by atoms with Gasteiger partial charge in [-0.05, 0) is 48.9 Å². The van der Waals surface area contributed by atoms with E-state index in [1.165, 1.54) is 4.31 Å². The van der Waals surface area contributed by atoms with Gasteiger partial charge in [0.25, 0.3) is 5.91 Å². The summed E-state index contributed by atoms with van der Waals surface area (Å²) in [5.74, 6) is -0.333. The summed E-state index contributed by atoms with van der Waals surface area (Å²) in [7, 11) is -3.47. The van der Waals surface area contributed by atoms with Gasteiger partial charge in [-0.2, -0.15) is 5.10 Å². The number of hydrogen-bond donors (Lipinski definition) is 2. The maximum Gasteiger partial charge on any atom is 0.271 e. The zero-order chi connectivity index (χ0) is 22.4. The Hall–Kier alpha value is -3.65. The van der Waals surface area contributed by atoms with Crippen LogP contribution < -0.4 is 9.73 Å². The largest absolute Gasteiger partial charge is 0.507 e. The quantitative estimate of drug-likeness (QED) is 0.436. The number of sulfonamides is 1. The Labute approximate surface area is 181 Å². The second kappa shape index (κ2) is 9.44. The Balaban J connectivity index is 1.71. The summed E-state index contributed by atoms with van der Waals surface area (Å²) in [5.41, 5.74) is 5.15. The van der Waals surface area contributed by atoms with Gasteiger partial charge in [-0.1, -0.05) is 42.5 Å². The van der Waals surface area contributed by atoms with E-state index < -0.39 is 15.9 Å². The number of phenolic OH excluding ortho intramolecular Hbond substituents is 1. The van der Waals surface area contributed by atoms with Crippen LogP contribution in [0.25, 0.3) is 0 Å². The van der Waals surface area contributed by atoms with Crippen LogP contribution in [0.15, 0.2) is 84.0 Å². The number of nitrogens with zero attached hydrogens (tertiary/aromatic N) is 2. The second-order valence-electron chi connectivity index (χ2n) is 6.96. The number of carbonyl (C=O) groups excluding carboxylic acids is 1. The molecule has 0 atom stereocenters. The maximum atomic E-state index is 12.4. The molecule has 1 amide bonds. The van der Waals surface area contributed by atoms with Gasteiger partial charge < -0.3 is 5.11 Å². The smallest absolute Gasteiger partial charge is 0.271 e. The summed E-state index contributed by atoms with van der Waals surface area (Å²) in [6.07, 6.45) is 1.16. The van der Waals surface area contributed by atoms with E-state index in [0.29, 0.717) is 22.5 Å². The minimum Gasteiger partial charge on any atom is -0.507 e. The number of amides is 1. The van der Waals surface area contributed by atoms with Crippen LogP contribution >= 0.6 is 0 Å². The number of aromatic hydroxyl groups is 1. The molecule has 0 unspecified atom stereocenters. The van der Waals surface area contributed by atoms with E-state index in [9.17, 15) is 18.3 Å². The molecule has 31 heavy (non-hydrogen) atoms. The van der Waals surface area contributed by atoms with Gasteiger partial charge in [0.15, 0.2) is 0 Å². The fourth-order valence-corrected chi connectivity index (χ4v) is 3.85. The Kier molecular flexibility index (Phi) is 6.71. The van der Waals surface area contributed by atoms with Gasteiger partial charge in [0.1, 0.15) is 5.75 Å². The molecule has 0 bridgehead atoms. The summed E-state index contributed by atoms with van der Waals surface area (Å²) >= 11 is 0. The Bertz CT molecular complexity index is 1190. The Morgan fingerprint density at radius 1 is 0.968 bits per heavy atom. The number of hydrazone groups is 1. The Morgan fingerprint density at radius 2 is 1.58 bits per heavy atom. The average molecular weight is 438 g/mol. The number of anilines is 1. The molecule has 0 heterocycles. The van der Waals surface area contributed by atoms with Crippen molar-refractivity contribution in [3.8, 4) is 5.75 Å². The molecule has 7 nitrogen and oxygen atoms in total. The molecule has 3 aromatic rings. The highest BCUT2D eigenvalue weighted by molar-refractivity contribution is 7.92. The fourth-order valence-electron chi connectivity index (χ4n) is 2.96. The predicted molar refractivity (Wildman–Crippen MR) is 122 cm³/mol. The van der Waals surface area contributed by atoms with E-state index in [0.717, 1.165) is 11.8 Å². The van der Waals surface area contributed by atoms with Crippen molar-refractivity contribution in [1.29, 1.82) is 0 Å². The lowest BCUT2D eigenvalue weighted by atomic mass is 10.1. The summed E-state index contributed by atoms with van der Waals surface area (Å²) in [6.45, 7) is 1.83. The number of benzene rings is 3. The molecule has 0 saturated heterocycles. The minimum atomic E-state index is -3.47. The van der Waals surface area contributed by atoms with Gasteiger partial charge in [-0.15, -0.1) is 0 Å². The molecule has 8 heteroatoms. The van der Waals surface area contributed by atoms with E-state index in [-0.39, 0.29) is 12.3 Å². The molecule has 3 aromatic carbocycles. The third-order valence-electron chi connectivity index (χ3n) is 4.61. The van der Waals surface area contributed by atoms with Crippen molar-refractivity contribution in [3.63, 3.8) is 0 Å². The monoisotopic (exact) mass is 437 g/mol. The number of nitrogens with one attached hydrogen (secondary N) is 1. The highest BCUT2D eigenvalue weighted by atomic mass is 32.2. The van der Waals surface area contributed by atoms with Crippen molar-refractivity contribution in [2.75, 3.05) is 10.6 Å². The third-order valence-corrected chi connectivity index (χ3v) is 5.75. The van der Waals surface area contributed by atoms with Crippen molar-refractivity contribution in [3.05, 3.63) is 95.6 Å². The van der Waals surface area contributed by atoms with Crippen LogP contribution in [0.5, 0.6) is 5.75 Å². The lowest BCUT2D eigenvalue weighted by Gasteiger charge is -2.22. The van der Waals surface area contributed by atoms with Gasteiger partial charge in [-0.3, -0.25) is 9.10 Å². The normalized spacial score (nSPS) is 11.7. The molecule has 0 saturated carbocycles. The zero-order valence-corrected chi connectivity index (χ0v) is 18.0. The van der Waals surface area contributed by atoms with Crippen LogP contribution in [0, 0.1) is 0 Å². The first-order valence-electron chi connectivity index (χ1n) is 9.50. The van der Waals surface area contributed by atoms with Gasteiger partial charge in [0.05, 0.1) is 24.2 Å². The zero-order valence-electron chi connectivity index (χ0n) is 17.2. The molecule has 0 fully saturated rings. The second-order valence-corrected chi connectivity index (χ2v) is 8.86. The molecule has 0 spiro atoms. The molecule has 2 N–H and O–H groups in total. The molecule has 0 aliphatic carbocycles. The summed E-state index contributed by atoms with van der Waals surface area (Å²) in [6, 6.07) is 22.2. The number of carbonyl (C=O) groups is 1. The summed E-state index contributed by atoms with van der Waals surface area (Å²) in [5, 5.41) is 13.9. The number of rotatable bonds is 7. The van der Waals surface area contributed by atoms with Crippen molar-refractivity contribution >= 4 is 27.3 Å². The fraction of sp³-hybridized carbons (Fsp3) is 0.130. The van der Waals surface area contributed by atoms with E-state index >= 15 is 0 Å². The molecule has 0 aromatic heterocycles. The van der Waals surface area contributed by atoms with Crippen LogP contribution in [-0.4, -0.2) is 31.4 Å². The van der Waals surface area contributed by atoms with E-state index in [2.05, 4.69) is 10.5 Å². The van der Waals surface area contributed by atoms with E-state index in [1.807, 2.05) is 6.07 Å². The molecule has 0 radical (unpaired) electrons. The van der Waals surface area contributed by atoms with Crippen LogP contribution in [0.4, 0.5) is 5.69 Å². The lowest BCUT2D eigenvalue weighted by molar-refractivity contribution is 0.0954. The van der Waals surface area contributed by atoms with Crippen molar-refractivity contribution in [1.82, 2.24) is 5.43 Å². The van der Waals surface area contributed by atoms with Crippen LogP contribution in [-0.2, 0) is 16.6 Å². The molecular weight excluding hydrogens is 414 g/mol. The SMILES string of the molecule is CC(=NNC(=O)c1ccc(CN(c2ccccc2)S(C)(=O)=O)cc1)c1ccccc1O. The van der Waals surface area contributed by atoms with Gasteiger partial charge >= 0.3 is 0 Å². The van der Waals surface area contributed by atoms with Crippen LogP contribution in [0.2, 0.25) is 0 Å². The average Bonchev–Trinajstić information content (AvgIpc) is 2.76. The van der Waals surface area contributed by atoms with Crippen LogP contribution in [0.3, 0.4) is 0 Å². The molecule has 0 aliphatic rings. The highest BCUT2D eigenvalue weighted by Crippen LogP contribution is 2.20. The number of phenols is 1. The van der Waals surface area contributed by atoms with Crippen molar-refractivity contribution in [2.24, 2.45) is 5.10 Å². The Morgan fingerprint density at radius 3 is 2.19 bits per heavy atom. The van der Waals surface area contributed by atoms with Crippen molar-refractivity contribution < 1.29 is 18.3 Å². The number of hydrogen-bond acceptors (Lipinski definition) is 5. The first-order valence-corrected chi connectivity index (χ1v) is 11.4. The topological polar surface area (TPSA) is 99.1 Å². The maximum absolute atomic E-state index is 12.4. The summed E-state index contributed by atoms with van der Waals surface area (Å²) < 4.78 is 25.8. The van der Waals surface area contributed by atoms with Gasteiger partial charge in [0, 0.05) is 11.1 Å². The van der Waals surface area contributed by atoms with Gasteiger partial charge in [-0.25, -0.2) is 13.8 Å². The van der Waals surface area contributed by atoms with E-state index in [4.69, 9.17) is 0 Å². The predicted octanol–water partition coefficient (Wildman–Crippen LogP) is 3.51. The lowest BCUT2D eigenvalue weighted by Crippen LogP contribution is -2.29. The first-order chi connectivity index (χ1) is 14.8. The standard InChI is InChI=1S/C23H23N3O4S/c1-17(21-10-6-7-11-22(21)27)24-25-23(28)19-14-12-18(13-15-19)16-26(31(2,29)30)20-8-4-3-5-9-20/h3-15,27H,16H2,1-2H3,(H,25,28). The number of para-hydroxylation sites is 2. The molecule has 160 valence electrons. The van der Waals surface area contributed by atoms with E-state index in [1.54, 1.807) is 79.7 Å². The highest BCUT2D eigenvalue weighted by Gasteiger charge is 2.17. The van der Waals surface area contributed by atoms with Crippen LogP contribution in [0.1, 0.15) is 28.4 Å². The molecular formula is C23H23N3O4S.